The number of nitrogens with one attached hydrogen (secondary N) is 1. The number of hydrogen-bond acceptors (Lipinski definition) is 5. The van der Waals surface area contributed by atoms with E-state index in [2.05, 4.69) is 10.3 Å². The van der Waals surface area contributed by atoms with Gasteiger partial charge >= 0.3 is 5.97 Å². The lowest BCUT2D eigenvalue weighted by atomic mass is 10.0. The zero-order valence-electron chi connectivity index (χ0n) is 13.0. The number of hydrogen-bond donors (Lipinski definition) is 1. The summed E-state index contributed by atoms with van der Waals surface area (Å²) in [5.41, 5.74) is 1.30. The SMILES string of the molecule is COC(=O)C[C@@H](NC(=O)c1cccnc1)c1ccc(SC)cc1. The molecule has 0 aliphatic rings. The summed E-state index contributed by atoms with van der Waals surface area (Å²) >= 11 is 1.63. The maximum atomic E-state index is 12.3. The van der Waals surface area contributed by atoms with Gasteiger partial charge < -0.3 is 10.1 Å². The Bertz CT molecular complexity index is 659. The molecule has 2 rings (SSSR count). The number of thioether (sulfide) groups is 1. The van der Waals surface area contributed by atoms with Gasteiger partial charge in [0.25, 0.3) is 5.91 Å². The fourth-order valence-corrected chi connectivity index (χ4v) is 2.49. The molecule has 1 N–H and O–H groups in total. The molecule has 1 aromatic carbocycles. The molecule has 0 spiro atoms. The summed E-state index contributed by atoms with van der Waals surface area (Å²) in [6.45, 7) is 0. The van der Waals surface area contributed by atoms with Crippen LogP contribution in [0.4, 0.5) is 0 Å². The quantitative estimate of drug-likeness (QED) is 0.651. The highest BCUT2D eigenvalue weighted by Crippen LogP contribution is 2.22. The van der Waals surface area contributed by atoms with Crippen molar-refractivity contribution in [1.82, 2.24) is 10.3 Å². The van der Waals surface area contributed by atoms with Crippen LogP contribution in [-0.4, -0.2) is 30.2 Å². The lowest BCUT2D eigenvalue weighted by Gasteiger charge is -2.18. The van der Waals surface area contributed by atoms with Gasteiger partial charge in [0.2, 0.25) is 0 Å². The number of carbonyl (C=O) groups excluding carboxylic acids is 2. The van der Waals surface area contributed by atoms with E-state index in [1.807, 2.05) is 30.5 Å². The Morgan fingerprint density at radius 3 is 2.57 bits per heavy atom. The summed E-state index contributed by atoms with van der Waals surface area (Å²) in [6, 6.07) is 10.6. The van der Waals surface area contributed by atoms with E-state index in [4.69, 9.17) is 4.74 Å². The smallest absolute Gasteiger partial charge is 0.307 e. The predicted molar refractivity (Wildman–Crippen MR) is 89.3 cm³/mol. The summed E-state index contributed by atoms with van der Waals surface area (Å²) in [5, 5.41) is 2.87. The topological polar surface area (TPSA) is 68.3 Å². The van der Waals surface area contributed by atoms with Gasteiger partial charge in [-0.05, 0) is 36.1 Å². The minimum absolute atomic E-state index is 0.0706. The highest BCUT2D eigenvalue weighted by Gasteiger charge is 2.19. The molecule has 2 aromatic rings. The largest absolute Gasteiger partial charge is 0.469 e. The molecule has 120 valence electrons. The molecule has 23 heavy (non-hydrogen) atoms. The zero-order chi connectivity index (χ0) is 16.7. The van der Waals surface area contributed by atoms with E-state index < -0.39 is 6.04 Å². The van der Waals surface area contributed by atoms with E-state index in [0.717, 1.165) is 10.5 Å². The van der Waals surface area contributed by atoms with Crippen molar-refractivity contribution in [3.05, 3.63) is 59.9 Å². The van der Waals surface area contributed by atoms with Gasteiger partial charge in [-0.2, -0.15) is 0 Å². The first-order valence-electron chi connectivity index (χ1n) is 7.05. The second kappa shape index (κ2) is 8.33. The normalized spacial score (nSPS) is 11.6. The van der Waals surface area contributed by atoms with E-state index in [1.54, 1.807) is 30.1 Å². The molecule has 5 nitrogen and oxygen atoms in total. The first kappa shape index (κ1) is 17.0. The minimum Gasteiger partial charge on any atom is -0.469 e. The minimum atomic E-state index is -0.453. The maximum Gasteiger partial charge on any atom is 0.307 e. The van der Waals surface area contributed by atoms with Crippen molar-refractivity contribution < 1.29 is 14.3 Å². The van der Waals surface area contributed by atoms with Crippen LogP contribution in [-0.2, 0) is 9.53 Å². The molecular weight excluding hydrogens is 312 g/mol. The maximum absolute atomic E-state index is 12.3. The summed E-state index contributed by atoms with van der Waals surface area (Å²) in [4.78, 5) is 29.0. The van der Waals surface area contributed by atoms with Crippen LogP contribution in [0.25, 0.3) is 0 Å². The van der Waals surface area contributed by atoms with Crippen molar-refractivity contribution in [2.45, 2.75) is 17.4 Å². The van der Waals surface area contributed by atoms with Crippen LogP contribution in [0.5, 0.6) is 0 Å². The molecule has 0 saturated carbocycles. The highest BCUT2D eigenvalue weighted by atomic mass is 32.2. The fraction of sp³-hybridized carbons (Fsp3) is 0.235. The van der Waals surface area contributed by atoms with Crippen molar-refractivity contribution in [3.8, 4) is 0 Å². The van der Waals surface area contributed by atoms with Crippen molar-refractivity contribution in [3.63, 3.8) is 0 Å². The molecule has 0 fully saturated rings. The number of pyridine rings is 1. The number of carbonyl (C=O) groups is 2. The first-order chi connectivity index (χ1) is 11.1. The summed E-state index contributed by atoms with van der Waals surface area (Å²) < 4.78 is 4.73. The van der Waals surface area contributed by atoms with E-state index in [0.29, 0.717) is 5.56 Å². The molecule has 1 aromatic heterocycles. The summed E-state index contributed by atoms with van der Waals surface area (Å²) in [5.74, 6) is -0.656. The van der Waals surface area contributed by atoms with E-state index in [9.17, 15) is 9.59 Å². The number of aromatic nitrogens is 1. The number of ether oxygens (including phenoxy) is 1. The molecular formula is C17H18N2O3S. The number of benzene rings is 1. The van der Waals surface area contributed by atoms with Crippen LogP contribution in [0.1, 0.15) is 28.4 Å². The molecule has 6 heteroatoms. The second-order valence-corrected chi connectivity index (χ2v) is 5.70. The standard InChI is InChI=1S/C17H18N2O3S/c1-22-16(20)10-15(12-5-7-14(23-2)8-6-12)19-17(21)13-4-3-9-18-11-13/h3-9,11,15H,10H2,1-2H3,(H,19,21)/t15-/m1/s1. The molecule has 1 atom stereocenters. The Balaban J connectivity index is 2.19. The van der Waals surface area contributed by atoms with Gasteiger partial charge in [-0.25, -0.2) is 0 Å². The molecule has 0 radical (unpaired) electrons. The summed E-state index contributed by atoms with van der Waals surface area (Å²) in [7, 11) is 1.33. The second-order valence-electron chi connectivity index (χ2n) is 4.82. The summed E-state index contributed by atoms with van der Waals surface area (Å²) in [6.07, 6.45) is 5.15. The number of methoxy groups -OCH3 is 1. The third-order valence-electron chi connectivity index (χ3n) is 3.35. The van der Waals surface area contributed by atoms with Gasteiger partial charge in [-0.1, -0.05) is 12.1 Å². The number of nitrogens with zero attached hydrogens (tertiary/aromatic N) is 1. The Labute approximate surface area is 139 Å². The third kappa shape index (κ3) is 4.82. The van der Waals surface area contributed by atoms with Crippen LogP contribution in [0.3, 0.4) is 0 Å². The van der Waals surface area contributed by atoms with Crippen molar-refractivity contribution >= 4 is 23.6 Å². The number of amides is 1. The third-order valence-corrected chi connectivity index (χ3v) is 4.09. The Kier molecular flexibility index (Phi) is 6.17. The zero-order valence-corrected chi connectivity index (χ0v) is 13.8. The van der Waals surface area contributed by atoms with Gasteiger partial charge in [0.05, 0.1) is 25.1 Å². The van der Waals surface area contributed by atoms with Gasteiger partial charge in [0, 0.05) is 17.3 Å². The van der Waals surface area contributed by atoms with Gasteiger partial charge in [-0.3, -0.25) is 14.6 Å². The molecule has 0 aliphatic heterocycles. The van der Waals surface area contributed by atoms with Crippen LogP contribution in [0.15, 0.2) is 53.7 Å². The lowest BCUT2D eigenvalue weighted by molar-refractivity contribution is -0.141. The Morgan fingerprint density at radius 2 is 2.00 bits per heavy atom. The first-order valence-corrected chi connectivity index (χ1v) is 8.28. The molecule has 0 saturated heterocycles. The molecule has 0 aliphatic carbocycles. The molecule has 1 amide bonds. The van der Waals surface area contributed by atoms with E-state index in [-0.39, 0.29) is 18.3 Å². The molecule has 1 heterocycles. The molecule has 0 bridgehead atoms. The number of rotatable bonds is 6. The monoisotopic (exact) mass is 330 g/mol. The van der Waals surface area contributed by atoms with Crippen LogP contribution >= 0.6 is 11.8 Å². The fourth-order valence-electron chi connectivity index (χ4n) is 2.08. The Hall–Kier alpha value is -2.34. The van der Waals surface area contributed by atoms with Gasteiger partial charge in [-0.15, -0.1) is 11.8 Å². The van der Waals surface area contributed by atoms with Crippen molar-refractivity contribution in [2.24, 2.45) is 0 Å². The predicted octanol–water partition coefficient (Wildman–Crippen LogP) is 2.84. The van der Waals surface area contributed by atoms with Crippen LogP contribution in [0.2, 0.25) is 0 Å². The average Bonchev–Trinajstić information content (AvgIpc) is 2.61. The average molecular weight is 330 g/mol. The van der Waals surface area contributed by atoms with Crippen LogP contribution < -0.4 is 5.32 Å². The van der Waals surface area contributed by atoms with Gasteiger partial charge in [0.1, 0.15) is 0 Å². The van der Waals surface area contributed by atoms with Crippen molar-refractivity contribution in [2.75, 3.05) is 13.4 Å². The lowest BCUT2D eigenvalue weighted by Crippen LogP contribution is -2.30. The number of esters is 1. The van der Waals surface area contributed by atoms with Gasteiger partial charge in [0.15, 0.2) is 0 Å². The molecule has 0 unspecified atom stereocenters. The van der Waals surface area contributed by atoms with E-state index in [1.165, 1.54) is 13.3 Å². The van der Waals surface area contributed by atoms with Crippen molar-refractivity contribution in [1.29, 1.82) is 0 Å². The van der Waals surface area contributed by atoms with E-state index >= 15 is 0 Å². The Morgan fingerprint density at radius 1 is 1.26 bits per heavy atom. The highest BCUT2D eigenvalue weighted by molar-refractivity contribution is 7.98. The van der Waals surface area contributed by atoms with Crippen LogP contribution in [0, 0.1) is 0 Å².